The number of hydrogen-bond acceptors (Lipinski definition) is 10. The van der Waals surface area contributed by atoms with Gasteiger partial charge in [-0.3, -0.25) is 9.59 Å². The predicted molar refractivity (Wildman–Crippen MR) is 339 cm³/mol. The van der Waals surface area contributed by atoms with E-state index in [1.54, 1.807) is 24.3 Å². The summed E-state index contributed by atoms with van der Waals surface area (Å²) in [4.78, 5) is 56.7. The molecule has 4 atom stereocenters. The van der Waals surface area contributed by atoms with Crippen LogP contribution in [0.15, 0.2) is 170 Å². The van der Waals surface area contributed by atoms with Gasteiger partial charge in [0.2, 0.25) is 0 Å². The second-order valence-electron chi connectivity index (χ2n) is 22.6. The minimum Gasteiger partial charge on any atom is -0.550 e. The third kappa shape index (κ3) is 16.4. The molecule has 2 amide bonds. The molecule has 0 saturated heterocycles. The molecule has 8 N–H and O–H groups in total. The van der Waals surface area contributed by atoms with E-state index in [1.807, 2.05) is 158 Å². The Morgan fingerprint density at radius 3 is 1.18 bits per heavy atom. The third-order valence-corrected chi connectivity index (χ3v) is 15.4. The van der Waals surface area contributed by atoms with Gasteiger partial charge in [0.1, 0.15) is 11.6 Å². The molecule has 16 nitrogen and oxygen atoms in total. The fraction of sp³-hybridized carbons (Fsp3) is 0.257. The molecule has 0 bridgehead atoms. The quantitative estimate of drug-likeness (QED) is 0.0265. The molecule has 4 heterocycles. The molecule has 456 valence electrons. The van der Waals surface area contributed by atoms with Crippen molar-refractivity contribution in [1.29, 1.82) is 0 Å². The van der Waals surface area contributed by atoms with Crippen LogP contribution in [0.2, 0.25) is 0 Å². The number of aromatic amines is 2. The number of fused-ring (bicyclic) bond motifs is 2. The molecule has 6 aromatic carbocycles. The van der Waals surface area contributed by atoms with Gasteiger partial charge in [0.25, 0.3) is 11.8 Å². The van der Waals surface area contributed by atoms with Crippen molar-refractivity contribution >= 4 is 94.7 Å². The largest absolute Gasteiger partial charge is 2.00 e. The number of nitrogens with zero attached hydrogens (tertiary/aromatic N) is 2. The number of carbonyl (C=O) groups excluding carboxylic acids is 4. The summed E-state index contributed by atoms with van der Waals surface area (Å²) in [6, 6.07) is 46.3. The average molecular weight is 1230 g/mol. The first-order chi connectivity index (χ1) is 42.2. The zero-order valence-electron chi connectivity index (χ0n) is 49.9. The van der Waals surface area contributed by atoms with Crippen LogP contribution in [0.5, 0.6) is 0 Å². The van der Waals surface area contributed by atoms with E-state index in [2.05, 4.69) is 20.6 Å². The molecule has 89 heavy (non-hydrogen) atoms. The van der Waals surface area contributed by atoms with Gasteiger partial charge in [-0.1, -0.05) is 88.4 Å². The van der Waals surface area contributed by atoms with Crippen LogP contribution in [0.25, 0.3) is 66.6 Å². The number of halogens is 2. The van der Waals surface area contributed by atoms with Crippen LogP contribution in [-0.2, 0) is 22.7 Å². The molecule has 0 fully saturated rings. The molecule has 0 radical (unpaired) electrons. The van der Waals surface area contributed by atoms with Gasteiger partial charge in [0.05, 0.1) is 46.9 Å². The molecule has 0 aliphatic carbocycles. The number of aliphatic hydroxyl groups is 4. The summed E-state index contributed by atoms with van der Waals surface area (Å²) in [6.45, 7) is 8.44. The summed E-state index contributed by atoms with van der Waals surface area (Å²) in [5, 5.41) is 71.6. The Hall–Kier alpha value is -8.20. The molecule has 10 aromatic rings. The third-order valence-electron chi connectivity index (χ3n) is 15.4. The van der Waals surface area contributed by atoms with Crippen LogP contribution < -0.4 is 20.8 Å². The van der Waals surface area contributed by atoms with Crippen molar-refractivity contribution in [3.05, 3.63) is 204 Å². The van der Waals surface area contributed by atoms with Gasteiger partial charge >= 0.3 is 37.7 Å². The van der Waals surface area contributed by atoms with Gasteiger partial charge in [0, 0.05) is 106 Å². The van der Waals surface area contributed by atoms with E-state index in [0.29, 0.717) is 56.1 Å². The summed E-state index contributed by atoms with van der Waals surface area (Å²) < 4.78 is 32.1. The minimum atomic E-state index is -1.39. The summed E-state index contributed by atoms with van der Waals surface area (Å²) in [5.74, 6) is -4.48. The first kappa shape index (κ1) is 66.7. The summed E-state index contributed by atoms with van der Waals surface area (Å²) in [6.07, 6.45) is -1.94. The number of carbonyl (C=O) groups is 4. The SMILES string of the molecule is CC(C)c1c(C(=O)Nc2ccc3[nH]ccc3c2)c(-c2ccccc2)c(-c2ccc(F)cc2)n1CC[C@@H](O)C[C@@H](O)CC(=O)[O-].CC(C)c1c(C(=O)Nc2ccc3[nH]ccc3c2)c(-c2ccccc2)c(-c2ccc(F)cc2)n1CC[C@@H](O)C[C@@H](O)CC(=O)[O-].[Ca+2]. The molecular weight excluding hydrogens is 1160 g/mol. The predicted octanol–water partition coefficient (Wildman–Crippen LogP) is 10.5. The van der Waals surface area contributed by atoms with Crippen molar-refractivity contribution in [3.63, 3.8) is 0 Å². The topological polar surface area (TPSA) is 261 Å². The van der Waals surface area contributed by atoms with Crippen molar-refractivity contribution in [2.75, 3.05) is 10.6 Å². The van der Waals surface area contributed by atoms with E-state index >= 15 is 0 Å². The number of amides is 2. The zero-order valence-corrected chi connectivity index (χ0v) is 52.1. The minimum absolute atomic E-state index is 0. The molecule has 0 unspecified atom stereocenters. The maximum Gasteiger partial charge on any atom is 2.00 e. The Labute approximate surface area is 543 Å². The van der Waals surface area contributed by atoms with Crippen molar-refractivity contribution in [3.8, 4) is 44.8 Å². The van der Waals surface area contributed by atoms with Crippen molar-refractivity contribution in [2.45, 2.75) is 116 Å². The number of rotatable bonds is 24. The van der Waals surface area contributed by atoms with Gasteiger partial charge in [0.15, 0.2) is 0 Å². The Kier molecular flexibility index (Phi) is 22.8. The van der Waals surface area contributed by atoms with Crippen LogP contribution in [0.1, 0.15) is 110 Å². The number of benzene rings is 6. The van der Waals surface area contributed by atoms with Gasteiger partial charge in [-0.2, -0.15) is 0 Å². The number of nitrogens with one attached hydrogen (secondary N) is 4. The number of aliphatic carboxylic acids is 2. The molecule has 0 saturated carbocycles. The normalized spacial score (nSPS) is 12.7. The van der Waals surface area contributed by atoms with Gasteiger partial charge < -0.3 is 70.0 Å². The maximum atomic E-state index is 14.3. The van der Waals surface area contributed by atoms with Crippen LogP contribution in [-0.4, -0.2) is 125 Å². The monoisotopic (exact) mass is 1230 g/mol. The van der Waals surface area contributed by atoms with Crippen LogP contribution >= 0.6 is 0 Å². The Bertz CT molecular complexity index is 3790. The van der Waals surface area contributed by atoms with Gasteiger partial charge in [-0.15, -0.1) is 0 Å². The second kappa shape index (κ2) is 30.3. The molecule has 19 heteroatoms. The molecule has 0 spiro atoms. The molecule has 0 aliphatic heterocycles. The number of aromatic nitrogens is 4. The van der Waals surface area contributed by atoms with Gasteiger partial charge in [-0.05, 0) is 157 Å². The summed E-state index contributed by atoms with van der Waals surface area (Å²) in [7, 11) is 0. The van der Waals surface area contributed by atoms with E-state index in [1.165, 1.54) is 24.3 Å². The van der Waals surface area contributed by atoms with Crippen molar-refractivity contribution in [1.82, 2.24) is 19.1 Å². The number of hydrogen-bond donors (Lipinski definition) is 8. The van der Waals surface area contributed by atoms with Gasteiger partial charge in [-0.25, -0.2) is 8.78 Å². The Morgan fingerprint density at radius 2 is 0.843 bits per heavy atom. The van der Waals surface area contributed by atoms with E-state index in [-0.39, 0.29) is 100 Å². The van der Waals surface area contributed by atoms with E-state index in [4.69, 9.17) is 0 Å². The van der Waals surface area contributed by atoms with E-state index in [9.17, 15) is 58.6 Å². The zero-order chi connectivity index (χ0) is 62.8. The smallest absolute Gasteiger partial charge is 0.550 e. The standard InChI is InChI=1S/2C35H36FN3O5.Ca/c2*1-21(2)33-32(35(44)38-26-12-13-29-24(18-26)14-16-37-29)31(22-6-4-3-5-7-22)34(23-8-10-25(36)11-9-23)39(33)17-15-27(40)19-28(41)20-30(42)43;/h2*3-14,16,18,21,27-28,37,40-41H,15,17,19-20H2,1-2H3,(H,38,44)(H,42,43);/q;;+2/p-2/t2*27-,28-;/m11./s1. The number of carboxylic acid groups (broad SMARTS) is 2. The Morgan fingerprint density at radius 1 is 0.483 bits per heavy atom. The second-order valence-corrected chi connectivity index (χ2v) is 22.6. The average Bonchev–Trinajstić information content (AvgIpc) is 1.67. The Balaban J connectivity index is 0.000000228. The molecule has 4 aromatic heterocycles. The fourth-order valence-electron chi connectivity index (χ4n) is 11.6. The van der Waals surface area contributed by atoms with Crippen molar-refractivity contribution in [2.24, 2.45) is 0 Å². The number of carboxylic acids is 2. The van der Waals surface area contributed by atoms with E-state index in [0.717, 1.165) is 44.3 Å². The van der Waals surface area contributed by atoms with Crippen LogP contribution in [0, 0.1) is 11.6 Å². The maximum absolute atomic E-state index is 14.3. The van der Waals surface area contributed by atoms with Crippen LogP contribution in [0.3, 0.4) is 0 Å². The first-order valence-electron chi connectivity index (χ1n) is 29.3. The van der Waals surface area contributed by atoms with Crippen LogP contribution in [0.4, 0.5) is 20.2 Å². The molecule has 10 rings (SSSR count). The number of aliphatic hydroxyl groups excluding tert-OH is 4. The fourth-order valence-corrected chi connectivity index (χ4v) is 11.6. The first-order valence-corrected chi connectivity index (χ1v) is 29.3. The molecule has 0 aliphatic rings. The number of anilines is 2. The number of H-pyrrole nitrogens is 2. The van der Waals surface area contributed by atoms with Crippen molar-refractivity contribution < 1.29 is 58.6 Å². The summed E-state index contributed by atoms with van der Waals surface area (Å²) in [5.41, 5.74) is 11.2. The summed E-state index contributed by atoms with van der Waals surface area (Å²) >= 11 is 0. The molecular formula is C70H70CaF2N6O10. The van der Waals surface area contributed by atoms with E-state index < -0.39 is 60.8 Å².